The van der Waals surface area contributed by atoms with Crippen LogP contribution in [0.15, 0.2) is 115 Å². The molecule has 5 N–H and O–H groups in total. The first kappa shape index (κ1) is 73.9. The van der Waals surface area contributed by atoms with Gasteiger partial charge in [-0.3, -0.25) is 4.79 Å². The Balaban J connectivity index is -0.000000163. The molecule has 0 saturated heterocycles. The second-order valence-electron chi connectivity index (χ2n) is 16.8. The Kier molecular flexibility index (Phi) is 49.7. The molecule has 0 bridgehead atoms. The van der Waals surface area contributed by atoms with E-state index < -0.39 is 18.9 Å². The van der Waals surface area contributed by atoms with Crippen LogP contribution in [0.2, 0.25) is 5.02 Å². The topological polar surface area (TPSA) is 175 Å². The van der Waals surface area contributed by atoms with Crippen LogP contribution in [0.25, 0.3) is 0 Å². The third-order valence-electron chi connectivity index (χ3n) is 8.57. The number of aliphatic hydroxyl groups is 3. The van der Waals surface area contributed by atoms with Gasteiger partial charge in [0, 0.05) is 23.4 Å². The second kappa shape index (κ2) is 45.1. The molecular weight excluding hydrogens is 941 g/mol. The van der Waals surface area contributed by atoms with Crippen molar-refractivity contribution in [2.45, 2.75) is 78.4 Å². The van der Waals surface area contributed by atoms with Crippen LogP contribution in [-0.4, -0.2) is 111 Å². The van der Waals surface area contributed by atoms with E-state index in [0.29, 0.717) is 48.7 Å². The van der Waals surface area contributed by atoms with E-state index in [-0.39, 0.29) is 112 Å². The third-order valence-corrected chi connectivity index (χ3v) is 8.82. The van der Waals surface area contributed by atoms with Gasteiger partial charge < -0.3 is 56.9 Å². The van der Waals surface area contributed by atoms with E-state index in [1.54, 1.807) is 24.3 Å². The van der Waals surface area contributed by atoms with Crippen molar-refractivity contribution in [3.05, 3.63) is 131 Å². The van der Waals surface area contributed by atoms with E-state index in [9.17, 15) is 14.4 Å². The van der Waals surface area contributed by atoms with Gasteiger partial charge >= 0.3 is 65.1 Å². The Morgan fingerprint density at radius 3 is 1.66 bits per heavy atom. The zero-order valence-electron chi connectivity index (χ0n) is 43.3. The van der Waals surface area contributed by atoms with E-state index in [1.807, 2.05) is 36.4 Å². The van der Waals surface area contributed by atoms with Gasteiger partial charge in [-0.2, -0.15) is 0 Å². The molecule has 0 aliphatic carbocycles. The Morgan fingerprint density at radius 2 is 1.22 bits per heavy atom. The van der Waals surface area contributed by atoms with E-state index in [0.717, 1.165) is 48.9 Å². The molecule has 1 unspecified atom stereocenters. The number of unbranched alkanes of at least 4 members (excludes halogenated alkanes) is 2. The van der Waals surface area contributed by atoms with Gasteiger partial charge in [0.05, 0.1) is 40.5 Å². The molecule has 0 spiro atoms. The van der Waals surface area contributed by atoms with E-state index >= 15 is 0 Å². The maximum Gasteiger partial charge on any atom is 1.00 e. The number of likely N-dealkylation sites (N-methyl/N-ethyl adjacent to an activating group) is 1. The van der Waals surface area contributed by atoms with E-state index in [4.69, 9.17) is 46.9 Å². The zero-order chi connectivity index (χ0) is 47.4. The number of esters is 1. The normalized spacial score (nSPS) is 10.6. The summed E-state index contributed by atoms with van der Waals surface area (Å²) in [5, 5.41) is 26.0. The molecule has 67 heavy (non-hydrogen) atoms. The molecule has 0 aromatic heterocycles. The van der Waals surface area contributed by atoms with Gasteiger partial charge in [-0.15, -0.1) is 24.8 Å². The van der Waals surface area contributed by atoms with Gasteiger partial charge in [0.2, 0.25) is 0 Å². The third kappa shape index (κ3) is 43.7. The van der Waals surface area contributed by atoms with Crippen LogP contribution in [0.4, 0.5) is 0 Å². The summed E-state index contributed by atoms with van der Waals surface area (Å²) in [5.74, 6) is 0.938. The first-order valence-corrected chi connectivity index (χ1v) is 21.5. The van der Waals surface area contributed by atoms with E-state index in [2.05, 4.69) is 108 Å². The van der Waals surface area contributed by atoms with Crippen LogP contribution in [0.5, 0.6) is 11.5 Å². The van der Waals surface area contributed by atoms with E-state index in [1.165, 1.54) is 11.1 Å². The van der Waals surface area contributed by atoms with Crippen LogP contribution in [-0.2, 0) is 35.8 Å². The van der Waals surface area contributed by atoms with Crippen LogP contribution >= 0.6 is 36.4 Å². The van der Waals surface area contributed by atoms with Crippen molar-refractivity contribution >= 4 is 55.0 Å². The smallest absolute Gasteiger partial charge is 1.00 e. The molecule has 0 saturated carbocycles. The fourth-order valence-corrected chi connectivity index (χ4v) is 5.92. The minimum atomic E-state index is -0.837. The maximum absolute atomic E-state index is 9.90. The molecule has 17 heteroatoms. The van der Waals surface area contributed by atoms with Crippen molar-refractivity contribution in [2.75, 3.05) is 67.0 Å². The number of ether oxygens (including phenoxy) is 4. The standard InChI is InChI=1S/C27H42NO2.C9H11ClO3.C6H6.C5H8O2.C3H7NO3.2ClH.2Na.2H/c1-26(2,3)22-27(4,5)24-13-15-25(16-14-24)30-20-19-29-18-17-28(6,7)21-23-11-9-8-10-12-23;10-7-1-3-9(4-2-7)13-6-8(12)5-11;1-2-4-6-5-3-1;6-4-2-1-3-5-7;4-1-3(6)7-2-5;;;;;;/h8-16H,17-22H2,1-7H3;1-4,8,11-12H,5-6H2;1-6H;4-5H,1-3H2;5H,1-2,4H2;2*1H;;;;/q+1;;;;;;;2*+1;2*-1. The van der Waals surface area contributed by atoms with Crippen LogP contribution in [0.3, 0.4) is 0 Å². The fraction of sp³-hybridized carbons (Fsp3) is 0.460. The number of hydrogen-bond donors (Lipinski definition) is 4. The molecule has 0 amide bonds. The Bertz CT molecular complexity index is 1710. The number of aldehydes is 2. The number of benzene rings is 4. The van der Waals surface area contributed by atoms with Gasteiger partial charge in [-0.1, -0.05) is 125 Å². The van der Waals surface area contributed by atoms with Gasteiger partial charge in [-0.05, 0) is 65.6 Å². The summed E-state index contributed by atoms with van der Waals surface area (Å²) in [7, 11) is 4.49. The first-order chi connectivity index (χ1) is 29.9. The molecule has 12 nitrogen and oxygen atoms in total. The predicted octanol–water partition coefficient (Wildman–Crippen LogP) is 2.90. The number of hydrogen-bond acceptors (Lipinski definition) is 11. The van der Waals surface area contributed by atoms with Crippen LogP contribution in [0, 0.1) is 5.41 Å². The van der Waals surface area contributed by atoms with Crippen molar-refractivity contribution in [1.29, 1.82) is 0 Å². The quantitative estimate of drug-likeness (QED) is 0.0242. The number of quaternary nitrogens is 1. The molecule has 0 aliphatic rings. The summed E-state index contributed by atoms with van der Waals surface area (Å²) in [4.78, 5) is 29.0. The van der Waals surface area contributed by atoms with Crippen LogP contribution < -0.4 is 74.3 Å². The Hall–Kier alpha value is -2.08. The summed E-state index contributed by atoms with van der Waals surface area (Å²) in [5.41, 5.74) is 7.96. The van der Waals surface area contributed by atoms with Crippen molar-refractivity contribution in [2.24, 2.45) is 11.1 Å². The van der Waals surface area contributed by atoms with Crippen molar-refractivity contribution in [3.63, 3.8) is 0 Å². The number of carbonyl (C=O) groups excluding carboxylic acids is 3. The Morgan fingerprint density at radius 1 is 0.746 bits per heavy atom. The number of rotatable bonds is 21. The average Bonchev–Trinajstić information content (AvgIpc) is 3.26. The molecule has 4 aromatic rings. The van der Waals surface area contributed by atoms with Gasteiger partial charge in [-0.25, -0.2) is 0 Å². The minimum absolute atomic E-state index is 0. The summed E-state index contributed by atoms with van der Waals surface area (Å²) in [6.07, 6.45) is 3.68. The van der Waals surface area contributed by atoms with Crippen molar-refractivity contribution in [3.8, 4) is 11.5 Å². The van der Waals surface area contributed by atoms with Gasteiger partial charge in [0.15, 0.2) is 6.79 Å². The molecule has 0 fully saturated rings. The average molecular weight is 1020 g/mol. The fourth-order valence-electron chi connectivity index (χ4n) is 5.80. The molecule has 0 heterocycles. The van der Waals surface area contributed by atoms with Crippen LogP contribution in [0.1, 0.15) is 74.3 Å². The first-order valence-electron chi connectivity index (χ1n) is 21.1. The molecule has 4 rings (SSSR count). The van der Waals surface area contributed by atoms with Crippen molar-refractivity contribution in [1.82, 2.24) is 0 Å². The molecule has 4 aromatic carbocycles. The summed E-state index contributed by atoms with van der Waals surface area (Å²) >= 11 is 5.66. The Labute approximate surface area is 465 Å². The summed E-state index contributed by atoms with van der Waals surface area (Å²) in [6, 6.07) is 38.0. The number of aliphatic hydroxyl groups excluding tert-OH is 3. The summed E-state index contributed by atoms with van der Waals surface area (Å²) < 4.78 is 21.7. The second-order valence-corrected chi connectivity index (χ2v) is 17.2. The molecule has 0 aliphatic heterocycles. The number of carbonyl (C=O) groups is 3. The molecule has 370 valence electrons. The zero-order valence-corrected chi connectivity index (χ0v) is 47.7. The van der Waals surface area contributed by atoms with Gasteiger partial charge in [0.25, 0.3) is 0 Å². The number of nitrogens with zero attached hydrogens (tertiary/aromatic N) is 1. The largest absolute Gasteiger partial charge is 1.00 e. The monoisotopic (exact) mass is 1020 g/mol. The molecular formula is C50H78Cl3N2Na2O10+. The van der Waals surface area contributed by atoms with Gasteiger partial charge in [0.1, 0.15) is 56.5 Å². The summed E-state index contributed by atoms with van der Waals surface area (Å²) in [6.45, 7) is 14.5. The minimum Gasteiger partial charge on any atom is -1.00 e. The maximum atomic E-state index is 9.90. The predicted molar refractivity (Wildman–Crippen MR) is 268 cm³/mol. The number of nitrogens with two attached hydrogens (primary N) is 1. The molecule has 1 atom stereocenters. The SMILES string of the molecule is CC(C)(C)CC(C)(C)c1ccc(OCCOCC[N+](C)(C)Cc2ccccc2)cc1.Cl.Cl.NCC(=O)OCO.O=CCCCC=O.OCC(O)COc1ccc(Cl)cc1.[H-].[H-].[Na+].[Na+].c1ccccc1. The molecule has 0 radical (unpaired) electrons. The van der Waals surface area contributed by atoms with Crippen molar-refractivity contribution < 1.29 is 115 Å². The number of halogens is 3.